The second-order valence-corrected chi connectivity index (χ2v) is 8.13. The molecular weight excluding hydrogens is 334 g/mol. The first kappa shape index (κ1) is 19.0. The summed E-state index contributed by atoms with van der Waals surface area (Å²) in [7, 11) is 0. The van der Waals surface area contributed by atoms with Gasteiger partial charge in [-0.3, -0.25) is 4.79 Å². The van der Waals surface area contributed by atoms with Crippen LogP contribution in [0.2, 0.25) is 0 Å². The fraction of sp³-hybridized carbons (Fsp3) is 0.292. The van der Waals surface area contributed by atoms with Gasteiger partial charge in [-0.1, -0.05) is 69.3 Å². The van der Waals surface area contributed by atoms with Crippen molar-refractivity contribution < 1.29 is 9.90 Å². The maximum Gasteiger partial charge on any atom is 0.224 e. The number of anilines is 1. The van der Waals surface area contributed by atoms with Crippen molar-refractivity contribution in [3.05, 3.63) is 71.3 Å². The molecule has 2 N–H and O–H groups in total. The lowest BCUT2D eigenvalue weighted by Gasteiger charge is -2.19. The number of carbonyl (C=O) groups excluding carboxylic acids is 1. The molecule has 1 amide bonds. The summed E-state index contributed by atoms with van der Waals surface area (Å²) in [5.41, 5.74) is 4.08. The second kappa shape index (κ2) is 7.43. The van der Waals surface area contributed by atoms with Crippen molar-refractivity contribution in [1.82, 2.24) is 0 Å². The number of hydrogen-bond acceptors (Lipinski definition) is 2. The predicted octanol–water partition coefficient (Wildman–Crippen LogP) is 5.72. The Balaban J connectivity index is 1.70. The smallest absolute Gasteiger partial charge is 0.224 e. The van der Waals surface area contributed by atoms with Crippen LogP contribution in [-0.2, 0) is 16.6 Å². The molecule has 0 aliphatic carbocycles. The summed E-state index contributed by atoms with van der Waals surface area (Å²) in [5, 5.41) is 14.9. The molecule has 0 atom stereocenters. The van der Waals surface area contributed by atoms with Crippen LogP contribution in [-0.4, -0.2) is 11.0 Å². The van der Waals surface area contributed by atoms with Gasteiger partial charge in [0.1, 0.15) is 5.75 Å². The number of carbonyl (C=O) groups is 1. The number of phenolic OH excluding ortho intramolecular Hbond substituents is 1. The van der Waals surface area contributed by atoms with Crippen LogP contribution in [0.1, 0.15) is 43.9 Å². The number of hydrogen-bond donors (Lipinski definition) is 2. The van der Waals surface area contributed by atoms with Gasteiger partial charge in [0.2, 0.25) is 5.91 Å². The number of rotatable bonds is 4. The fourth-order valence-corrected chi connectivity index (χ4v) is 3.24. The van der Waals surface area contributed by atoms with Gasteiger partial charge in [-0.05, 0) is 41.5 Å². The molecule has 0 saturated carbocycles. The Kier molecular flexibility index (Phi) is 5.22. The quantitative estimate of drug-likeness (QED) is 0.584. The zero-order valence-corrected chi connectivity index (χ0v) is 16.5. The van der Waals surface area contributed by atoms with E-state index >= 15 is 0 Å². The summed E-state index contributed by atoms with van der Waals surface area (Å²) in [6.07, 6.45) is 1.12. The van der Waals surface area contributed by atoms with Gasteiger partial charge in [0.25, 0.3) is 0 Å². The Labute approximate surface area is 161 Å². The minimum absolute atomic E-state index is 0.0230. The van der Waals surface area contributed by atoms with E-state index in [2.05, 4.69) is 50.4 Å². The fourth-order valence-electron chi connectivity index (χ4n) is 3.24. The van der Waals surface area contributed by atoms with Crippen molar-refractivity contribution in [2.24, 2.45) is 0 Å². The lowest BCUT2D eigenvalue weighted by molar-refractivity contribution is -0.116. The molecule has 0 heterocycles. The van der Waals surface area contributed by atoms with Crippen LogP contribution in [0.4, 0.5) is 5.69 Å². The molecule has 0 aromatic heterocycles. The first-order valence-corrected chi connectivity index (χ1v) is 9.36. The van der Waals surface area contributed by atoms with E-state index in [0.717, 1.165) is 27.6 Å². The van der Waals surface area contributed by atoms with Crippen molar-refractivity contribution in [3.63, 3.8) is 0 Å². The van der Waals surface area contributed by atoms with Crippen LogP contribution in [0.5, 0.6) is 5.75 Å². The van der Waals surface area contributed by atoms with Crippen molar-refractivity contribution in [3.8, 4) is 5.75 Å². The van der Waals surface area contributed by atoms with Crippen LogP contribution >= 0.6 is 0 Å². The number of amides is 1. The van der Waals surface area contributed by atoms with E-state index in [-0.39, 0.29) is 17.1 Å². The van der Waals surface area contributed by atoms with E-state index in [0.29, 0.717) is 12.8 Å². The number of phenols is 1. The summed E-state index contributed by atoms with van der Waals surface area (Å²) in [6, 6.07) is 17.9. The third kappa shape index (κ3) is 4.30. The average molecular weight is 361 g/mol. The van der Waals surface area contributed by atoms with Crippen molar-refractivity contribution in [2.75, 3.05) is 5.32 Å². The average Bonchev–Trinajstić information content (AvgIpc) is 2.64. The Bertz CT molecular complexity index is 966. The highest BCUT2D eigenvalue weighted by Gasteiger charge is 2.14. The highest BCUT2D eigenvalue weighted by Crippen LogP contribution is 2.34. The Morgan fingerprint density at radius 2 is 1.63 bits per heavy atom. The zero-order valence-electron chi connectivity index (χ0n) is 16.5. The molecule has 140 valence electrons. The number of aryl methyl sites for hydroxylation is 2. The van der Waals surface area contributed by atoms with Gasteiger partial charge in [0.05, 0.1) is 0 Å². The molecule has 27 heavy (non-hydrogen) atoms. The Morgan fingerprint density at radius 1 is 1.00 bits per heavy atom. The summed E-state index contributed by atoms with van der Waals surface area (Å²) in [4.78, 5) is 12.5. The summed E-state index contributed by atoms with van der Waals surface area (Å²) in [5.74, 6) is 0.243. The molecule has 0 saturated heterocycles. The van der Waals surface area contributed by atoms with Crippen molar-refractivity contribution in [2.45, 2.75) is 46.0 Å². The molecule has 0 aliphatic rings. The van der Waals surface area contributed by atoms with Gasteiger partial charge >= 0.3 is 0 Å². The zero-order chi connectivity index (χ0) is 19.6. The standard InChI is InChI=1S/C24H27NO2/c1-16-15-21(19-7-5-6-8-20(19)23(16)27)25-22(26)14-11-17-9-12-18(13-10-17)24(2,3)4/h5-10,12-13,15,27H,11,14H2,1-4H3,(H,25,26). The van der Waals surface area contributed by atoms with Crippen LogP contribution in [0.3, 0.4) is 0 Å². The van der Waals surface area contributed by atoms with E-state index < -0.39 is 0 Å². The van der Waals surface area contributed by atoms with E-state index in [1.807, 2.05) is 37.3 Å². The van der Waals surface area contributed by atoms with Crippen LogP contribution in [0.15, 0.2) is 54.6 Å². The number of fused-ring (bicyclic) bond motifs is 1. The normalized spacial score (nSPS) is 11.6. The molecule has 3 aromatic rings. The molecule has 3 heteroatoms. The Morgan fingerprint density at radius 3 is 2.26 bits per heavy atom. The predicted molar refractivity (Wildman–Crippen MR) is 112 cm³/mol. The molecule has 0 fully saturated rings. The highest BCUT2D eigenvalue weighted by atomic mass is 16.3. The lowest BCUT2D eigenvalue weighted by Crippen LogP contribution is -2.13. The van der Waals surface area contributed by atoms with E-state index in [1.54, 1.807) is 0 Å². The minimum Gasteiger partial charge on any atom is -0.507 e. The maximum atomic E-state index is 12.5. The monoisotopic (exact) mass is 361 g/mol. The molecular formula is C24H27NO2. The number of aromatic hydroxyl groups is 1. The molecule has 0 aliphatic heterocycles. The van der Waals surface area contributed by atoms with Gasteiger partial charge in [0, 0.05) is 22.9 Å². The lowest BCUT2D eigenvalue weighted by atomic mass is 9.86. The van der Waals surface area contributed by atoms with Gasteiger partial charge in [-0.15, -0.1) is 0 Å². The van der Waals surface area contributed by atoms with E-state index in [9.17, 15) is 9.90 Å². The highest BCUT2D eigenvalue weighted by molar-refractivity contribution is 6.04. The molecule has 0 unspecified atom stereocenters. The molecule has 0 spiro atoms. The molecule has 0 radical (unpaired) electrons. The van der Waals surface area contributed by atoms with E-state index in [4.69, 9.17) is 0 Å². The summed E-state index contributed by atoms with van der Waals surface area (Å²) in [6.45, 7) is 8.42. The van der Waals surface area contributed by atoms with Crippen LogP contribution < -0.4 is 5.32 Å². The van der Waals surface area contributed by atoms with Crippen LogP contribution in [0, 0.1) is 6.92 Å². The Hall–Kier alpha value is -2.81. The first-order chi connectivity index (χ1) is 12.8. The molecule has 3 aromatic carbocycles. The molecule has 3 rings (SSSR count). The topological polar surface area (TPSA) is 49.3 Å². The largest absolute Gasteiger partial charge is 0.507 e. The van der Waals surface area contributed by atoms with Gasteiger partial charge in [-0.25, -0.2) is 0 Å². The van der Waals surface area contributed by atoms with Gasteiger partial charge < -0.3 is 10.4 Å². The van der Waals surface area contributed by atoms with Crippen molar-refractivity contribution in [1.29, 1.82) is 0 Å². The molecule has 3 nitrogen and oxygen atoms in total. The summed E-state index contributed by atoms with van der Waals surface area (Å²) < 4.78 is 0. The van der Waals surface area contributed by atoms with Gasteiger partial charge in [-0.2, -0.15) is 0 Å². The third-order valence-corrected chi connectivity index (χ3v) is 4.94. The number of benzene rings is 3. The second-order valence-electron chi connectivity index (χ2n) is 8.13. The van der Waals surface area contributed by atoms with E-state index in [1.165, 1.54) is 5.56 Å². The summed E-state index contributed by atoms with van der Waals surface area (Å²) >= 11 is 0. The third-order valence-electron chi connectivity index (χ3n) is 4.94. The number of nitrogens with one attached hydrogen (secondary N) is 1. The SMILES string of the molecule is Cc1cc(NC(=O)CCc2ccc(C(C)(C)C)cc2)c2ccccc2c1O. The maximum absolute atomic E-state index is 12.5. The van der Waals surface area contributed by atoms with Crippen molar-refractivity contribution >= 4 is 22.4 Å². The first-order valence-electron chi connectivity index (χ1n) is 9.36. The van der Waals surface area contributed by atoms with Crippen LogP contribution in [0.25, 0.3) is 10.8 Å². The molecule has 0 bridgehead atoms. The van der Waals surface area contributed by atoms with Gasteiger partial charge in [0.15, 0.2) is 0 Å². The minimum atomic E-state index is -0.0230.